The number of nitrogens with zero attached hydrogens (tertiary/aromatic N) is 2. The molecule has 2 atom stereocenters. The van der Waals surface area contributed by atoms with E-state index in [0.717, 1.165) is 0 Å². The molecule has 0 radical (unpaired) electrons. The van der Waals surface area contributed by atoms with E-state index in [1.54, 1.807) is 0 Å². The predicted molar refractivity (Wildman–Crippen MR) is 50.3 cm³/mol. The number of nitrogens with two attached hydrogens (primary N) is 1. The number of ether oxygens (including phenoxy) is 1. The van der Waals surface area contributed by atoms with Crippen molar-refractivity contribution in [2.75, 3.05) is 19.8 Å². The minimum Gasteiger partial charge on any atom is -0.377 e. The smallest absolute Gasteiger partial charge is 0.242 e. The van der Waals surface area contributed by atoms with Gasteiger partial charge in [0.25, 0.3) is 0 Å². The molecule has 1 saturated heterocycles. The van der Waals surface area contributed by atoms with Gasteiger partial charge < -0.3 is 15.4 Å². The number of amides is 2. The zero-order valence-corrected chi connectivity index (χ0v) is 8.47. The van der Waals surface area contributed by atoms with Crippen LogP contribution in [0, 0.1) is 17.2 Å². The molecule has 0 aromatic carbocycles. The highest BCUT2D eigenvalue weighted by Crippen LogP contribution is 2.11. The average molecular weight is 211 g/mol. The molecular weight excluding hydrogens is 198 g/mol. The molecule has 1 rings (SSSR count). The lowest BCUT2D eigenvalue weighted by atomic mass is 10.1. The maximum absolute atomic E-state index is 11.7. The molecule has 0 aromatic heterocycles. The van der Waals surface area contributed by atoms with E-state index >= 15 is 0 Å². The number of hydrogen-bond donors (Lipinski definition) is 1. The average Bonchev–Trinajstić information content (AvgIpc) is 2.27. The van der Waals surface area contributed by atoms with Crippen molar-refractivity contribution in [1.29, 1.82) is 5.26 Å². The third kappa shape index (κ3) is 2.44. The highest BCUT2D eigenvalue weighted by molar-refractivity contribution is 5.88. The summed E-state index contributed by atoms with van der Waals surface area (Å²) in [6, 6.07) is 1.09. The van der Waals surface area contributed by atoms with Crippen LogP contribution < -0.4 is 5.73 Å². The van der Waals surface area contributed by atoms with Gasteiger partial charge in [0.15, 0.2) is 0 Å². The lowest BCUT2D eigenvalue weighted by Gasteiger charge is -2.34. The third-order valence-electron chi connectivity index (χ3n) is 2.30. The van der Waals surface area contributed by atoms with Crippen molar-refractivity contribution in [2.24, 2.45) is 11.7 Å². The Kier molecular flexibility index (Phi) is 3.63. The van der Waals surface area contributed by atoms with E-state index in [0.29, 0.717) is 13.2 Å². The van der Waals surface area contributed by atoms with Gasteiger partial charge in [0.1, 0.15) is 12.0 Å². The summed E-state index contributed by atoms with van der Waals surface area (Å²) < 4.78 is 5.06. The maximum atomic E-state index is 11.7. The Morgan fingerprint density at radius 1 is 1.67 bits per heavy atom. The largest absolute Gasteiger partial charge is 0.377 e. The molecule has 82 valence electrons. The molecule has 1 aliphatic rings. The summed E-state index contributed by atoms with van der Waals surface area (Å²) in [5, 5.41) is 8.62. The van der Waals surface area contributed by atoms with Gasteiger partial charge in [0.2, 0.25) is 11.8 Å². The monoisotopic (exact) mass is 211 g/mol. The van der Waals surface area contributed by atoms with E-state index in [2.05, 4.69) is 0 Å². The number of nitriles is 1. The number of primary amides is 1. The molecule has 0 aromatic rings. The van der Waals surface area contributed by atoms with Gasteiger partial charge in [0.05, 0.1) is 19.3 Å². The van der Waals surface area contributed by atoms with E-state index in [1.807, 2.05) is 6.07 Å². The number of morpholine rings is 1. The van der Waals surface area contributed by atoms with Crippen LogP contribution in [-0.2, 0) is 14.3 Å². The number of carbonyl (C=O) groups is 2. The third-order valence-corrected chi connectivity index (χ3v) is 2.30. The number of carbonyl (C=O) groups excluding carboxylic acids is 2. The molecule has 2 N–H and O–H groups in total. The molecule has 0 spiro atoms. The molecule has 6 nitrogen and oxygen atoms in total. The van der Waals surface area contributed by atoms with Crippen molar-refractivity contribution in [3.63, 3.8) is 0 Å². The summed E-state index contributed by atoms with van der Waals surface area (Å²) in [5.41, 5.74) is 5.14. The fraction of sp³-hybridized carbons (Fsp3) is 0.667. The summed E-state index contributed by atoms with van der Waals surface area (Å²) in [7, 11) is 0. The lowest BCUT2D eigenvalue weighted by molar-refractivity contribution is -0.148. The lowest BCUT2D eigenvalue weighted by Crippen LogP contribution is -2.55. The van der Waals surface area contributed by atoms with Crippen molar-refractivity contribution in [3.8, 4) is 6.07 Å². The first-order chi connectivity index (χ1) is 7.07. The predicted octanol–water partition coefficient (Wildman–Crippen LogP) is -1.14. The minimum atomic E-state index is -0.759. The fourth-order valence-corrected chi connectivity index (χ4v) is 1.41. The summed E-state index contributed by atoms with van der Waals surface area (Å²) in [5.74, 6) is -1.73. The van der Waals surface area contributed by atoms with E-state index in [-0.39, 0.29) is 12.5 Å². The van der Waals surface area contributed by atoms with Gasteiger partial charge >= 0.3 is 0 Å². The van der Waals surface area contributed by atoms with Crippen molar-refractivity contribution in [1.82, 2.24) is 4.90 Å². The van der Waals surface area contributed by atoms with Crippen LogP contribution in [0.4, 0.5) is 0 Å². The highest BCUT2D eigenvalue weighted by Gasteiger charge is 2.33. The van der Waals surface area contributed by atoms with Crippen molar-refractivity contribution in [3.05, 3.63) is 0 Å². The zero-order valence-electron chi connectivity index (χ0n) is 8.47. The van der Waals surface area contributed by atoms with Crippen LogP contribution in [0.25, 0.3) is 0 Å². The van der Waals surface area contributed by atoms with Gasteiger partial charge in [-0.05, 0) is 6.92 Å². The first-order valence-electron chi connectivity index (χ1n) is 4.65. The van der Waals surface area contributed by atoms with Gasteiger partial charge in [-0.3, -0.25) is 9.59 Å². The summed E-state index contributed by atoms with van der Waals surface area (Å²) in [6.07, 6.45) is 0. The number of hydrogen-bond acceptors (Lipinski definition) is 4. The summed E-state index contributed by atoms with van der Waals surface area (Å²) >= 11 is 0. The molecule has 6 heteroatoms. The highest BCUT2D eigenvalue weighted by atomic mass is 16.5. The first-order valence-corrected chi connectivity index (χ1v) is 4.65. The Morgan fingerprint density at radius 2 is 2.33 bits per heavy atom. The first kappa shape index (κ1) is 11.5. The minimum absolute atomic E-state index is 0.110. The van der Waals surface area contributed by atoms with Gasteiger partial charge in [0, 0.05) is 6.54 Å². The van der Waals surface area contributed by atoms with Crippen LogP contribution in [0.1, 0.15) is 6.92 Å². The molecule has 1 fully saturated rings. The van der Waals surface area contributed by atoms with Crippen molar-refractivity contribution >= 4 is 11.8 Å². The molecule has 15 heavy (non-hydrogen) atoms. The SMILES string of the molecule is CC(C#N)C(=O)N1CCOCC1C(N)=O. The Hall–Kier alpha value is -1.61. The number of rotatable bonds is 2. The van der Waals surface area contributed by atoms with Crippen LogP contribution >= 0.6 is 0 Å². The molecular formula is C9H13N3O3. The van der Waals surface area contributed by atoms with Gasteiger partial charge in [-0.2, -0.15) is 5.26 Å². The molecule has 0 bridgehead atoms. The van der Waals surface area contributed by atoms with Gasteiger partial charge in [-0.1, -0.05) is 0 Å². The Bertz CT molecular complexity index is 310. The van der Waals surface area contributed by atoms with E-state index in [4.69, 9.17) is 15.7 Å². The molecule has 0 aliphatic carbocycles. The van der Waals surface area contributed by atoms with Crippen molar-refractivity contribution in [2.45, 2.75) is 13.0 Å². The van der Waals surface area contributed by atoms with Crippen molar-refractivity contribution < 1.29 is 14.3 Å². The fourth-order valence-electron chi connectivity index (χ4n) is 1.41. The Balaban J connectivity index is 2.77. The molecule has 1 heterocycles. The van der Waals surface area contributed by atoms with Crippen LogP contribution in [-0.4, -0.2) is 42.5 Å². The second-order valence-corrected chi connectivity index (χ2v) is 3.38. The van der Waals surface area contributed by atoms with Gasteiger partial charge in [-0.15, -0.1) is 0 Å². The molecule has 2 unspecified atom stereocenters. The standard InChI is InChI=1S/C9H13N3O3/c1-6(4-10)9(14)12-2-3-15-5-7(12)8(11)13/h6-7H,2-3,5H2,1H3,(H2,11,13). The second kappa shape index (κ2) is 4.75. The van der Waals surface area contributed by atoms with Crippen LogP contribution in [0.5, 0.6) is 0 Å². The van der Waals surface area contributed by atoms with Crippen LogP contribution in [0.2, 0.25) is 0 Å². The summed E-state index contributed by atoms with van der Waals surface area (Å²) in [4.78, 5) is 24.0. The summed E-state index contributed by atoms with van der Waals surface area (Å²) in [6.45, 7) is 2.28. The maximum Gasteiger partial charge on any atom is 0.242 e. The molecule has 0 saturated carbocycles. The Morgan fingerprint density at radius 3 is 2.87 bits per heavy atom. The Labute approximate surface area is 87.6 Å². The van der Waals surface area contributed by atoms with Crippen LogP contribution in [0.15, 0.2) is 0 Å². The topological polar surface area (TPSA) is 96.4 Å². The van der Waals surface area contributed by atoms with Crippen LogP contribution in [0.3, 0.4) is 0 Å². The van der Waals surface area contributed by atoms with Gasteiger partial charge in [-0.25, -0.2) is 0 Å². The zero-order chi connectivity index (χ0) is 11.4. The van der Waals surface area contributed by atoms with E-state index in [1.165, 1.54) is 11.8 Å². The molecule has 1 aliphatic heterocycles. The second-order valence-electron chi connectivity index (χ2n) is 3.38. The van der Waals surface area contributed by atoms with E-state index < -0.39 is 17.9 Å². The quantitative estimate of drug-likeness (QED) is 0.624. The van der Waals surface area contributed by atoms with E-state index in [9.17, 15) is 9.59 Å². The molecule has 2 amide bonds. The normalized spacial score (nSPS) is 22.9.